The van der Waals surface area contributed by atoms with Crippen molar-refractivity contribution in [3.05, 3.63) is 82.8 Å². The van der Waals surface area contributed by atoms with Crippen LogP contribution in [0.2, 0.25) is 0 Å². The van der Waals surface area contributed by atoms with Crippen molar-refractivity contribution in [2.24, 2.45) is 0 Å². The van der Waals surface area contributed by atoms with Gasteiger partial charge in [-0.05, 0) is 47.8 Å². The second-order valence-corrected chi connectivity index (χ2v) is 6.44. The van der Waals surface area contributed by atoms with Gasteiger partial charge in [-0.15, -0.1) is 11.3 Å². The molecule has 4 rings (SSSR count). The van der Waals surface area contributed by atoms with Crippen LogP contribution in [-0.2, 0) is 6.54 Å². The topological polar surface area (TPSA) is 46.9 Å². The van der Waals surface area contributed by atoms with Gasteiger partial charge in [-0.2, -0.15) is 0 Å². The highest BCUT2D eigenvalue weighted by atomic mass is 32.1. The quantitative estimate of drug-likeness (QED) is 0.613. The fourth-order valence-electron chi connectivity index (χ4n) is 2.62. The Bertz CT molecular complexity index is 971. The fourth-order valence-corrected chi connectivity index (χ4v) is 3.27. The van der Waals surface area contributed by atoms with E-state index in [9.17, 15) is 4.79 Å². The number of rotatable bonds is 4. The van der Waals surface area contributed by atoms with E-state index in [2.05, 4.69) is 10.3 Å². The van der Waals surface area contributed by atoms with Crippen LogP contribution in [0.5, 0.6) is 0 Å². The first-order valence-corrected chi connectivity index (χ1v) is 8.52. The molecule has 0 unspecified atom stereocenters. The Morgan fingerprint density at radius 3 is 2.67 bits per heavy atom. The van der Waals surface area contributed by atoms with E-state index < -0.39 is 0 Å². The number of para-hydroxylation sites is 2. The van der Waals surface area contributed by atoms with Crippen molar-refractivity contribution in [3.63, 3.8) is 0 Å². The molecule has 0 aliphatic rings. The highest BCUT2D eigenvalue weighted by Crippen LogP contribution is 2.18. The Hall–Kier alpha value is -2.92. The van der Waals surface area contributed by atoms with E-state index in [1.165, 1.54) is 0 Å². The van der Waals surface area contributed by atoms with Crippen LogP contribution in [-0.4, -0.2) is 15.5 Å². The monoisotopic (exact) mass is 333 g/mol. The molecule has 0 bridgehead atoms. The van der Waals surface area contributed by atoms with Gasteiger partial charge < -0.3 is 5.32 Å². The molecule has 0 saturated heterocycles. The Balaban J connectivity index is 1.53. The van der Waals surface area contributed by atoms with Gasteiger partial charge in [-0.1, -0.05) is 18.2 Å². The van der Waals surface area contributed by atoms with Gasteiger partial charge in [0.15, 0.2) is 0 Å². The lowest BCUT2D eigenvalue weighted by atomic mass is 10.2. The molecule has 24 heavy (non-hydrogen) atoms. The first kappa shape index (κ1) is 14.7. The van der Waals surface area contributed by atoms with Gasteiger partial charge in [-0.3, -0.25) is 9.36 Å². The van der Waals surface area contributed by atoms with E-state index in [-0.39, 0.29) is 5.91 Å². The van der Waals surface area contributed by atoms with Crippen LogP contribution in [0, 0.1) is 0 Å². The lowest BCUT2D eigenvalue weighted by Crippen LogP contribution is -2.22. The fraction of sp³-hybridized carbons (Fsp3) is 0.0526. The number of nitrogens with one attached hydrogen (secondary N) is 1. The van der Waals surface area contributed by atoms with Gasteiger partial charge >= 0.3 is 0 Å². The summed E-state index contributed by atoms with van der Waals surface area (Å²) in [5.41, 5.74) is 3.64. The third kappa shape index (κ3) is 2.81. The zero-order valence-corrected chi connectivity index (χ0v) is 13.7. The third-order valence-corrected chi connectivity index (χ3v) is 4.74. The summed E-state index contributed by atoms with van der Waals surface area (Å²) >= 11 is 1.64. The molecular weight excluding hydrogens is 318 g/mol. The maximum atomic E-state index is 12.2. The molecule has 2 heterocycles. The molecule has 5 heteroatoms. The first-order chi connectivity index (χ1) is 11.8. The van der Waals surface area contributed by atoms with Crippen LogP contribution in [0.25, 0.3) is 16.7 Å². The summed E-state index contributed by atoms with van der Waals surface area (Å²) in [6.07, 6.45) is 1.80. The van der Waals surface area contributed by atoms with Gasteiger partial charge in [-0.25, -0.2) is 4.98 Å². The van der Waals surface area contributed by atoms with Crippen molar-refractivity contribution >= 4 is 28.3 Å². The van der Waals surface area contributed by atoms with Crippen molar-refractivity contribution in [1.29, 1.82) is 0 Å². The summed E-state index contributed by atoms with van der Waals surface area (Å²) in [5, 5.41) is 4.94. The molecule has 0 aliphatic heterocycles. The number of benzene rings is 2. The minimum Gasteiger partial charge on any atom is -0.347 e. The molecule has 0 radical (unpaired) electrons. The number of fused-ring (bicyclic) bond motifs is 1. The summed E-state index contributed by atoms with van der Waals surface area (Å²) in [5.74, 6) is -0.0644. The largest absolute Gasteiger partial charge is 0.347 e. The average molecular weight is 333 g/mol. The SMILES string of the molecule is O=C(NCc1cccs1)c1ccc(-n2cnc3ccccc32)cc1. The molecule has 118 valence electrons. The summed E-state index contributed by atoms with van der Waals surface area (Å²) in [6, 6.07) is 19.5. The number of carbonyl (C=O) groups is 1. The number of thiophene rings is 1. The Labute approximate surface area is 143 Å². The molecule has 0 spiro atoms. The van der Waals surface area contributed by atoms with Crippen LogP contribution >= 0.6 is 11.3 Å². The summed E-state index contributed by atoms with van der Waals surface area (Å²) in [7, 11) is 0. The average Bonchev–Trinajstić information content (AvgIpc) is 3.29. The Kier molecular flexibility index (Phi) is 3.84. The van der Waals surface area contributed by atoms with E-state index in [1.807, 2.05) is 70.6 Å². The number of amides is 1. The second kappa shape index (κ2) is 6.29. The summed E-state index contributed by atoms with van der Waals surface area (Å²) in [6.45, 7) is 0.560. The molecule has 1 amide bonds. The van der Waals surface area contributed by atoms with Gasteiger partial charge in [0, 0.05) is 16.1 Å². The highest BCUT2D eigenvalue weighted by molar-refractivity contribution is 7.09. The minimum atomic E-state index is -0.0644. The molecule has 1 N–H and O–H groups in total. The van der Waals surface area contributed by atoms with Crippen molar-refractivity contribution in [2.75, 3.05) is 0 Å². The summed E-state index contributed by atoms with van der Waals surface area (Å²) < 4.78 is 2.02. The number of hydrogen-bond donors (Lipinski definition) is 1. The Morgan fingerprint density at radius 1 is 1.04 bits per heavy atom. The van der Waals surface area contributed by atoms with Gasteiger partial charge in [0.05, 0.1) is 17.6 Å². The van der Waals surface area contributed by atoms with E-state index in [1.54, 1.807) is 17.7 Å². The van der Waals surface area contributed by atoms with Crippen LogP contribution in [0.1, 0.15) is 15.2 Å². The maximum absolute atomic E-state index is 12.2. The Morgan fingerprint density at radius 2 is 1.88 bits per heavy atom. The zero-order valence-electron chi connectivity index (χ0n) is 12.8. The molecular formula is C19H15N3OS. The zero-order chi connectivity index (χ0) is 16.4. The van der Waals surface area contributed by atoms with Crippen molar-refractivity contribution in [1.82, 2.24) is 14.9 Å². The number of imidazole rings is 1. The number of hydrogen-bond acceptors (Lipinski definition) is 3. The van der Waals surface area contributed by atoms with Gasteiger partial charge in [0.2, 0.25) is 0 Å². The van der Waals surface area contributed by atoms with Crippen LogP contribution < -0.4 is 5.32 Å². The second-order valence-electron chi connectivity index (χ2n) is 5.41. The molecule has 0 atom stereocenters. The van der Waals surface area contributed by atoms with E-state index in [4.69, 9.17) is 0 Å². The smallest absolute Gasteiger partial charge is 0.251 e. The van der Waals surface area contributed by atoms with Gasteiger partial charge in [0.25, 0.3) is 5.91 Å². The molecule has 0 aliphatic carbocycles. The predicted molar refractivity (Wildman–Crippen MR) is 96.6 cm³/mol. The first-order valence-electron chi connectivity index (χ1n) is 7.64. The number of carbonyl (C=O) groups excluding carboxylic acids is 1. The minimum absolute atomic E-state index is 0.0644. The summed E-state index contributed by atoms with van der Waals surface area (Å²) in [4.78, 5) is 17.8. The molecule has 0 fully saturated rings. The van der Waals surface area contributed by atoms with E-state index >= 15 is 0 Å². The van der Waals surface area contributed by atoms with Crippen molar-refractivity contribution in [2.45, 2.75) is 6.54 Å². The van der Waals surface area contributed by atoms with E-state index in [0.717, 1.165) is 21.6 Å². The van der Waals surface area contributed by atoms with Crippen molar-refractivity contribution in [3.8, 4) is 5.69 Å². The maximum Gasteiger partial charge on any atom is 0.251 e. The van der Waals surface area contributed by atoms with E-state index in [0.29, 0.717) is 12.1 Å². The van der Waals surface area contributed by atoms with Crippen LogP contribution in [0.15, 0.2) is 72.4 Å². The van der Waals surface area contributed by atoms with Crippen LogP contribution in [0.4, 0.5) is 0 Å². The molecule has 4 nitrogen and oxygen atoms in total. The lowest BCUT2D eigenvalue weighted by Gasteiger charge is -2.07. The third-order valence-electron chi connectivity index (χ3n) is 3.86. The molecule has 2 aromatic carbocycles. The molecule has 2 aromatic heterocycles. The van der Waals surface area contributed by atoms with Crippen LogP contribution in [0.3, 0.4) is 0 Å². The molecule has 4 aromatic rings. The number of aromatic nitrogens is 2. The normalized spacial score (nSPS) is 10.8. The standard InChI is InChI=1S/C19H15N3OS/c23-19(20-12-16-4-3-11-24-16)14-7-9-15(10-8-14)22-13-21-17-5-1-2-6-18(17)22/h1-11,13H,12H2,(H,20,23). The molecule has 0 saturated carbocycles. The lowest BCUT2D eigenvalue weighted by molar-refractivity contribution is 0.0951. The van der Waals surface area contributed by atoms with Gasteiger partial charge in [0.1, 0.15) is 6.33 Å². The number of nitrogens with zero attached hydrogens (tertiary/aromatic N) is 2. The predicted octanol–water partition coefficient (Wildman–Crippen LogP) is 4.02. The van der Waals surface area contributed by atoms with Crippen molar-refractivity contribution < 1.29 is 4.79 Å². The highest BCUT2D eigenvalue weighted by Gasteiger charge is 2.08.